The molecule has 1 radical (unpaired) electrons. The van der Waals surface area contributed by atoms with Gasteiger partial charge in [0.2, 0.25) is 0 Å². The second-order valence-corrected chi connectivity index (χ2v) is 2.27. The summed E-state index contributed by atoms with van der Waals surface area (Å²) < 4.78 is 0. The molecular weight excluding hydrogens is 141 g/mol. The van der Waals surface area contributed by atoms with E-state index in [2.05, 4.69) is 8.93 Å². The van der Waals surface area contributed by atoms with Crippen LogP contribution in [0.25, 0.3) is 0 Å². The fourth-order valence-corrected chi connectivity index (χ4v) is 0. The molecule has 4 heteroatoms. The predicted octanol–water partition coefficient (Wildman–Crippen LogP) is -0.230. The normalized spacial score (nSPS) is 8.40. The predicted molar refractivity (Wildman–Crippen MR) is 22.9 cm³/mol. The standard InChI is InChI=1S/CH5OP2.V/c2-1-4-3;/h4H,1,3H2;/q-1;. The number of rotatable bonds is 1. The van der Waals surface area contributed by atoms with Gasteiger partial charge >= 0.3 is 0 Å². The molecule has 2 unspecified atom stereocenters. The van der Waals surface area contributed by atoms with Crippen LogP contribution in [0.5, 0.6) is 0 Å². The van der Waals surface area contributed by atoms with Crippen molar-refractivity contribution < 1.29 is 23.7 Å². The van der Waals surface area contributed by atoms with Gasteiger partial charge in [0.05, 0.1) is 0 Å². The van der Waals surface area contributed by atoms with Crippen molar-refractivity contribution in [1.29, 1.82) is 0 Å². The van der Waals surface area contributed by atoms with Gasteiger partial charge in [-0.3, -0.25) is 0 Å². The summed E-state index contributed by atoms with van der Waals surface area (Å²) in [5, 5.41) is 9.29. The van der Waals surface area contributed by atoms with Crippen LogP contribution < -0.4 is 5.11 Å². The first-order valence-electron chi connectivity index (χ1n) is 0.931. The van der Waals surface area contributed by atoms with E-state index < -0.39 is 0 Å². The molecule has 0 aliphatic carbocycles. The topological polar surface area (TPSA) is 23.1 Å². The van der Waals surface area contributed by atoms with Crippen LogP contribution in [0.4, 0.5) is 0 Å². The van der Waals surface area contributed by atoms with E-state index in [0.717, 1.165) is 0 Å². The second kappa shape index (κ2) is 9.05. The van der Waals surface area contributed by atoms with Gasteiger partial charge in [-0.2, -0.15) is 0 Å². The Morgan fingerprint density at radius 2 is 2.00 bits per heavy atom. The summed E-state index contributed by atoms with van der Waals surface area (Å²) in [5.41, 5.74) is 0. The van der Waals surface area contributed by atoms with Crippen molar-refractivity contribution in [3.63, 3.8) is 0 Å². The van der Waals surface area contributed by atoms with Gasteiger partial charge in [0, 0.05) is 18.6 Å². The summed E-state index contributed by atoms with van der Waals surface area (Å²) in [4.78, 5) is 0. The molecule has 0 saturated heterocycles. The van der Waals surface area contributed by atoms with Crippen LogP contribution in [0.3, 0.4) is 0 Å². The second-order valence-electron chi connectivity index (χ2n) is 0.348. The Labute approximate surface area is 47.7 Å². The van der Waals surface area contributed by atoms with Crippen LogP contribution in [0.15, 0.2) is 0 Å². The maximum absolute atomic E-state index is 9.29. The van der Waals surface area contributed by atoms with E-state index in [0.29, 0.717) is 8.27 Å². The van der Waals surface area contributed by atoms with E-state index in [9.17, 15) is 5.11 Å². The van der Waals surface area contributed by atoms with Crippen LogP contribution in [0.1, 0.15) is 0 Å². The minimum absolute atomic E-state index is 0. The van der Waals surface area contributed by atoms with Gasteiger partial charge in [-0.15, -0.1) is 23.5 Å². The molecule has 5 heavy (non-hydrogen) atoms. The first kappa shape index (κ1) is 9.64. The fourth-order valence-electron chi connectivity index (χ4n) is 0. The molecule has 0 spiro atoms. The Kier molecular flexibility index (Phi) is 17.4. The van der Waals surface area contributed by atoms with Gasteiger partial charge < -0.3 is 5.11 Å². The third-order valence-electron chi connectivity index (χ3n) is 0.0833. The summed E-state index contributed by atoms with van der Waals surface area (Å²) in [6.45, 7) is 0. The average Bonchev–Trinajstić information content (AvgIpc) is 1.37. The molecule has 0 amide bonds. The van der Waals surface area contributed by atoms with E-state index in [1.54, 1.807) is 0 Å². The minimum Gasteiger partial charge on any atom is -0.851 e. The molecule has 0 aliphatic rings. The molecule has 0 heterocycles. The zero-order chi connectivity index (χ0) is 3.41. The molecule has 0 saturated carbocycles. The fraction of sp³-hybridized carbons (Fsp3) is 1.00. The van der Waals surface area contributed by atoms with Gasteiger partial charge in [-0.25, -0.2) is 0 Å². The van der Waals surface area contributed by atoms with Crippen molar-refractivity contribution >= 4 is 17.2 Å². The summed E-state index contributed by atoms with van der Waals surface area (Å²) in [6, 6.07) is 0. The van der Waals surface area contributed by atoms with Gasteiger partial charge in [0.25, 0.3) is 0 Å². The van der Waals surface area contributed by atoms with Crippen LogP contribution in [-0.2, 0) is 18.6 Å². The maximum Gasteiger partial charge on any atom is 0 e. The SMILES string of the molecule is [O-]CPP.[V]. The van der Waals surface area contributed by atoms with Gasteiger partial charge in [-0.05, 0) is 0 Å². The van der Waals surface area contributed by atoms with Gasteiger partial charge in [0.1, 0.15) is 0 Å². The molecule has 0 N–H and O–H groups in total. The van der Waals surface area contributed by atoms with Crippen LogP contribution >= 0.6 is 17.2 Å². The van der Waals surface area contributed by atoms with Crippen molar-refractivity contribution in [2.24, 2.45) is 0 Å². The smallest absolute Gasteiger partial charge is 0 e. The summed E-state index contributed by atoms with van der Waals surface area (Å²) in [7, 11) is 2.87. The Balaban J connectivity index is 0. The minimum atomic E-state index is 0. The Hall–Kier alpha value is 1.40. The monoisotopic (exact) mass is 146 g/mol. The van der Waals surface area contributed by atoms with Crippen molar-refractivity contribution in [3.8, 4) is 0 Å². The Bertz CT molecular complexity index is 11.6. The first-order chi connectivity index (χ1) is 1.91. The number of hydrogen-bond donors (Lipinski definition) is 0. The van der Waals surface area contributed by atoms with Crippen molar-refractivity contribution in [3.05, 3.63) is 0 Å². The number of hydrogen-bond acceptors (Lipinski definition) is 1. The summed E-state index contributed by atoms with van der Waals surface area (Å²) >= 11 is 0. The average molecular weight is 146 g/mol. The van der Waals surface area contributed by atoms with E-state index in [-0.39, 0.29) is 24.9 Å². The van der Waals surface area contributed by atoms with E-state index >= 15 is 0 Å². The molecular formula is CH5OP2V-. The molecule has 0 bridgehead atoms. The molecule has 0 aromatic carbocycles. The van der Waals surface area contributed by atoms with E-state index in [4.69, 9.17) is 0 Å². The van der Waals surface area contributed by atoms with Crippen molar-refractivity contribution in [2.45, 2.75) is 0 Å². The molecule has 0 fully saturated rings. The molecule has 0 aromatic heterocycles. The molecule has 0 aliphatic heterocycles. The largest absolute Gasteiger partial charge is 0.851 e. The molecule has 2 atom stereocenters. The van der Waals surface area contributed by atoms with Crippen molar-refractivity contribution in [2.75, 3.05) is 6.35 Å². The maximum atomic E-state index is 9.29. The van der Waals surface area contributed by atoms with Gasteiger partial charge in [-0.1, -0.05) is 0 Å². The third-order valence-corrected chi connectivity index (χ3v) is 0.750. The van der Waals surface area contributed by atoms with Crippen molar-refractivity contribution in [1.82, 2.24) is 0 Å². The first-order valence-corrected chi connectivity index (χ1v) is 3.95. The van der Waals surface area contributed by atoms with Crippen LogP contribution in [0, 0.1) is 0 Å². The molecule has 0 rings (SSSR count). The zero-order valence-electron chi connectivity index (χ0n) is 2.64. The Morgan fingerprint density at radius 1 is 1.80 bits per heavy atom. The third kappa shape index (κ3) is 10.8. The summed E-state index contributed by atoms with van der Waals surface area (Å²) in [6.07, 6.45) is 0.0602. The van der Waals surface area contributed by atoms with E-state index in [1.165, 1.54) is 0 Å². The van der Waals surface area contributed by atoms with E-state index in [1.807, 2.05) is 0 Å². The molecule has 1 nitrogen and oxygen atoms in total. The van der Waals surface area contributed by atoms with Gasteiger partial charge in [0.15, 0.2) is 0 Å². The van der Waals surface area contributed by atoms with Crippen LogP contribution in [0.2, 0.25) is 0 Å². The quantitative estimate of drug-likeness (QED) is 0.468. The van der Waals surface area contributed by atoms with Crippen LogP contribution in [-0.4, -0.2) is 6.35 Å². The zero-order valence-corrected chi connectivity index (χ0v) is 6.19. The Morgan fingerprint density at radius 3 is 2.00 bits per heavy atom. The molecule has 0 aromatic rings. The summed E-state index contributed by atoms with van der Waals surface area (Å²) in [5.74, 6) is 0. The molecule has 31 valence electrons.